The third-order valence-corrected chi connectivity index (χ3v) is 7.20. The number of hydrogen-bond donors (Lipinski definition) is 0. The van der Waals surface area contributed by atoms with Crippen LogP contribution in [-0.4, -0.2) is 0 Å². The molecule has 3 rings (SSSR count). The quantitative estimate of drug-likeness (QED) is 0.640. The van der Waals surface area contributed by atoms with Crippen LogP contribution in [0.1, 0.15) is 116 Å². The first-order valence-electron chi connectivity index (χ1n) is 10.3. The molecule has 0 spiro atoms. The van der Waals surface area contributed by atoms with E-state index < -0.39 is 0 Å². The summed E-state index contributed by atoms with van der Waals surface area (Å²) in [7, 11) is 0. The van der Waals surface area contributed by atoms with E-state index in [9.17, 15) is 9.59 Å². The molecule has 2 nitrogen and oxygen atoms in total. The van der Waals surface area contributed by atoms with E-state index in [0.717, 1.165) is 60.8 Å². The average molecular weight is 357 g/mol. The lowest BCUT2D eigenvalue weighted by atomic mass is 9.73. The largest absolute Gasteiger partial charge is 0.289 e. The van der Waals surface area contributed by atoms with Crippen molar-refractivity contribution in [2.75, 3.05) is 0 Å². The van der Waals surface area contributed by atoms with E-state index in [2.05, 4.69) is 55.4 Å². The minimum absolute atomic E-state index is 0.0477. The summed E-state index contributed by atoms with van der Waals surface area (Å²) in [6.07, 6.45) is 6.15. The van der Waals surface area contributed by atoms with Crippen molar-refractivity contribution in [3.63, 3.8) is 0 Å². The smallest absolute Gasteiger partial charge is 0.186 e. The average Bonchev–Trinajstić information content (AvgIpc) is 3.32. The van der Waals surface area contributed by atoms with Crippen LogP contribution in [0.4, 0.5) is 0 Å². The first-order valence-corrected chi connectivity index (χ1v) is 10.3. The van der Waals surface area contributed by atoms with Crippen LogP contribution in [0.5, 0.6) is 0 Å². The molecule has 0 bridgehead atoms. The molecule has 2 aromatic rings. The summed E-state index contributed by atoms with van der Waals surface area (Å²) in [6.45, 7) is 17.8. The van der Waals surface area contributed by atoms with Gasteiger partial charge >= 0.3 is 0 Å². The summed E-state index contributed by atoms with van der Waals surface area (Å²) in [5.41, 5.74) is 4.85. The van der Waals surface area contributed by atoms with E-state index in [-0.39, 0.29) is 21.7 Å². The Morgan fingerprint density at radius 2 is 0.654 bits per heavy atom. The second kappa shape index (κ2) is 5.66. The molecule has 0 heterocycles. The Hall–Kier alpha value is -1.18. The fraction of sp³-hybridized carbons (Fsp3) is 0.750. The van der Waals surface area contributed by atoms with E-state index >= 15 is 0 Å². The lowest BCUT2D eigenvalue weighted by Crippen LogP contribution is -2.23. The van der Waals surface area contributed by atoms with Crippen LogP contribution in [-0.2, 0) is 21.7 Å². The van der Waals surface area contributed by atoms with Gasteiger partial charge in [-0.1, -0.05) is 68.2 Å². The molecule has 2 heteroatoms. The summed E-state index contributed by atoms with van der Waals surface area (Å²) in [4.78, 5) is 25.2. The summed E-state index contributed by atoms with van der Waals surface area (Å²) in [5, 5.41) is 0. The zero-order valence-corrected chi connectivity index (χ0v) is 18.1. The number of hydrogen-bond acceptors (Lipinski definition) is 2. The SMILES string of the molecule is CC1(C)CCCC(C)(C)c2c(c2=O)C(C)(C)CCCC(C)(C)c2c1c2=O. The lowest BCUT2D eigenvalue weighted by Gasteiger charge is -2.30. The Kier molecular flexibility index (Phi) is 4.26. The molecule has 0 saturated carbocycles. The maximum Gasteiger partial charge on any atom is 0.186 e. The van der Waals surface area contributed by atoms with E-state index in [1.54, 1.807) is 0 Å². The summed E-state index contributed by atoms with van der Waals surface area (Å²) in [5.74, 6) is 0. The Bertz CT molecular complexity index is 706. The molecule has 0 fully saturated rings. The Labute approximate surface area is 158 Å². The molecule has 0 amide bonds. The maximum atomic E-state index is 12.6. The van der Waals surface area contributed by atoms with E-state index in [1.807, 2.05) is 0 Å². The van der Waals surface area contributed by atoms with Gasteiger partial charge in [-0.25, -0.2) is 0 Å². The first-order chi connectivity index (χ1) is 11.7. The number of rotatable bonds is 0. The Morgan fingerprint density at radius 3 is 0.846 bits per heavy atom. The van der Waals surface area contributed by atoms with Crippen LogP contribution in [0.15, 0.2) is 9.59 Å². The highest BCUT2D eigenvalue weighted by Crippen LogP contribution is 2.46. The zero-order chi connectivity index (χ0) is 19.7. The van der Waals surface area contributed by atoms with E-state index in [1.165, 1.54) is 0 Å². The molecule has 0 aliphatic heterocycles. The highest BCUT2D eigenvalue weighted by Gasteiger charge is 2.45. The molecule has 0 radical (unpaired) electrons. The fourth-order valence-electron chi connectivity index (χ4n) is 5.37. The summed E-state index contributed by atoms with van der Waals surface area (Å²) < 4.78 is 0. The van der Waals surface area contributed by atoms with Crippen LogP contribution in [0.3, 0.4) is 0 Å². The van der Waals surface area contributed by atoms with Crippen molar-refractivity contribution >= 4 is 0 Å². The molecular formula is C24H36O2. The van der Waals surface area contributed by atoms with Crippen LogP contribution in [0.2, 0.25) is 0 Å². The predicted molar refractivity (Wildman–Crippen MR) is 110 cm³/mol. The number of fused-ring (bicyclic) bond motifs is 2. The van der Waals surface area contributed by atoms with Crippen molar-refractivity contribution < 1.29 is 0 Å². The standard InChI is InChI=1S/C24H36O2/c1-21(2)11-9-12-23(5,6)17-18(20(17)26)24(7,8)14-10-13-22(3,4)16-15(21)19(16)25/h9-14H2,1-8H3. The van der Waals surface area contributed by atoms with Crippen molar-refractivity contribution in [2.45, 2.75) is 116 Å². The van der Waals surface area contributed by atoms with Gasteiger partial charge in [0.1, 0.15) is 0 Å². The summed E-state index contributed by atoms with van der Waals surface area (Å²) >= 11 is 0. The highest BCUT2D eigenvalue weighted by atomic mass is 16.1. The molecular weight excluding hydrogens is 320 g/mol. The molecule has 1 aliphatic carbocycles. The summed E-state index contributed by atoms with van der Waals surface area (Å²) in [6, 6.07) is 0. The monoisotopic (exact) mass is 356 g/mol. The molecule has 0 aromatic heterocycles. The molecule has 0 saturated heterocycles. The van der Waals surface area contributed by atoms with Crippen LogP contribution >= 0.6 is 0 Å². The maximum absolute atomic E-state index is 12.6. The first kappa shape index (κ1) is 19.6. The second-order valence-electron chi connectivity index (χ2n) is 11.4. The molecule has 0 atom stereocenters. The molecule has 2 aromatic carbocycles. The van der Waals surface area contributed by atoms with Gasteiger partial charge in [0.05, 0.1) is 0 Å². The van der Waals surface area contributed by atoms with Crippen molar-refractivity contribution in [3.8, 4) is 0 Å². The van der Waals surface area contributed by atoms with Crippen LogP contribution < -0.4 is 10.9 Å². The van der Waals surface area contributed by atoms with E-state index in [0.29, 0.717) is 10.9 Å². The van der Waals surface area contributed by atoms with Gasteiger partial charge in [0.15, 0.2) is 10.9 Å². The molecule has 0 unspecified atom stereocenters. The van der Waals surface area contributed by atoms with Gasteiger partial charge in [-0.05, 0) is 47.3 Å². The zero-order valence-electron chi connectivity index (χ0n) is 18.1. The molecule has 144 valence electrons. The highest BCUT2D eigenvalue weighted by molar-refractivity contribution is 5.51. The van der Waals surface area contributed by atoms with Crippen molar-refractivity contribution in [3.05, 3.63) is 42.7 Å². The van der Waals surface area contributed by atoms with E-state index in [4.69, 9.17) is 0 Å². The lowest BCUT2D eigenvalue weighted by molar-refractivity contribution is 0.372. The van der Waals surface area contributed by atoms with Crippen molar-refractivity contribution in [2.24, 2.45) is 0 Å². The van der Waals surface area contributed by atoms with Gasteiger partial charge in [-0.2, -0.15) is 0 Å². The van der Waals surface area contributed by atoms with Crippen LogP contribution in [0, 0.1) is 0 Å². The molecule has 1 aliphatic rings. The van der Waals surface area contributed by atoms with Crippen molar-refractivity contribution in [1.29, 1.82) is 0 Å². The fourth-order valence-corrected chi connectivity index (χ4v) is 5.37. The predicted octanol–water partition coefficient (Wildman–Crippen LogP) is 5.32. The van der Waals surface area contributed by atoms with Crippen LogP contribution in [0.25, 0.3) is 0 Å². The second-order valence-corrected chi connectivity index (χ2v) is 11.4. The minimum Gasteiger partial charge on any atom is -0.289 e. The van der Waals surface area contributed by atoms with Gasteiger partial charge in [0.25, 0.3) is 0 Å². The van der Waals surface area contributed by atoms with Gasteiger partial charge in [0, 0.05) is 22.3 Å². The minimum atomic E-state index is -0.0477. The molecule has 0 N–H and O–H groups in total. The van der Waals surface area contributed by atoms with Gasteiger partial charge < -0.3 is 0 Å². The van der Waals surface area contributed by atoms with Gasteiger partial charge in [-0.15, -0.1) is 0 Å². The Balaban J connectivity index is 1.93. The molecule has 26 heavy (non-hydrogen) atoms. The van der Waals surface area contributed by atoms with Crippen molar-refractivity contribution in [1.82, 2.24) is 0 Å². The van der Waals surface area contributed by atoms with Gasteiger partial charge in [-0.3, -0.25) is 9.59 Å². The third kappa shape index (κ3) is 3.14. The normalized spacial score (nSPS) is 25.5. The third-order valence-electron chi connectivity index (χ3n) is 7.20. The topological polar surface area (TPSA) is 34.1 Å². The Morgan fingerprint density at radius 1 is 0.462 bits per heavy atom. The van der Waals surface area contributed by atoms with Gasteiger partial charge in [0.2, 0.25) is 0 Å².